The van der Waals surface area contributed by atoms with Gasteiger partial charge in [-0.1, -0.05) is 36.7 Å². The molecule has 22 heavy (non-hydrogen) atoms. The van der Waals surface area contributed by atoms with Crippen LogP contribution in [0, 0.1) is 0 Å². The highest BCUT2D eigenvalue weighted by Gasteiger charge is 2.16. The number of likely N-dealkylation sites (N-methyl/N-ethyl adjacent to an activating group) is 2. The molecule has 1 aromatic rings. The molecular weight excluding hydrogens is 302 g/mol. The molecule has 6 heteroatoms. The Morgan fingerprint density at radius 1 is 1.18 bits per heavy atom. The van der Waals surface area contributed by atoms with Crippen molar-refractivity contribution >= 4 is 23.4 Å². The number of halogens is 1. The first-order valence-corrected chi connectivity index (χ1v) is 7.88. The summed E-state index contributed by atoms with van der Waals surface area (Å²) in [5.41, 5.74) is 0.879. The van der Waals surface area contributed by atoms with Crippen LogP contribution < -0.4 is 10.6 Å². The number of hydrogen-bond acceptors (Lipinski definition) is 3. The number of rotatable bonds is 8. The van der Waals surface area contributed by atoms with Crippen LogP contribution >= 0.6 is 11.6 Å². The first-order chi connectivity index (χ1) is 10.5. The minimum atomic E-state index is -0.177. The van der Waals surface area contributed by atoms with Gasteiger partial charge >= 0.3 is 0 Å². The summed E-state index contributed by atoms with van der Waals surface area (Å²) in [6.07, 6.45) is 0. The summed E-state index contributed by atoms with van der Waals surface area (Å²) in [4.78, 5) is 25.5. The second-order valence-corrected chi connectivity index (χ2v) is 5.47. The third kappa shape index (κ3) is 6.03. The van der Waals surface area contributed by atoms with Gasteiger partial charge in [-0.15, -0.1) is 0 Å². The highest BCUT2D eigenvalue weighted by Crippen LogP contribution is 2.21. The highest BCUT2D eigenvalue weighted by molar-refractivity contribution is 6.31. The number of nitrogens with one attached hydrogen (secondary N) is 2. The van der Waals surface area contributed by atoms with Crippen LogP contribution in [0.3, 0.4) is 0 Å². The van der Waals surface area contributed by atoms with Gasteiger partial charge in [0.25, 0.3) is 0 Å². The predicted octanol–water partition coefficient (Wildman–Crippen LogP) is 1.98. The van der Waals surface area contributed by atoms with E-state index in [9.17, 15) is 9.59 Å². The van der Waals surface area contributed by atoms with Crippen molar-refractivity contribution in [3.05, 3.63) is 34.9 Å². The summed E-state index contributed by atoms with van der Waals surface area (Å²) in [6.45, 7) is 7.30. The summed E-state index contributed by atoms with van der Waals surface area (Å²) in [7, 11) is 0. The average Bonchev–Trinajstić information content (AvgIpc) is 2.47. The zero-order valence-corrected chi connectivity index (χ0v) is 14.1. The molecule has 0 saturated carbocycles. The second kappa shape index (κ2) is 9.43. The first-order valence-electron chi connectivity index (χ1n) is 7.50. The summed E-state index contributed by atoms with van der Waals surface area (Å²) in [5, 5.41) is 6.27. The minimum absolute atomic E-state index is 0.0729. The fourth-order valence-corrected chi connectivity index (χ4v) is 2.43. The Morgan fingerprint density at radius 2 is 1.82 bits per heavy atom. The molecule has 0 fully saturated rings. The molecule has 122 valence electrons. The highest BCUT2D eigenvalue weighted by atomic mass is 35.5. The topological polar surface area (TPSA) is 61.4 Å². The lowest BCUT2D eigenvalue weighted by Crippen LogP contribution is -2.43. The molecule has 0 aliphatic rings. The van der Waals surface area contributed by atoms with Crippen molar-refractivity contribution in [3.8, 4) is 0 Å². The van der Waals surface area contributed by atoms with Crippen LogP contribution in [0.15, 0.2) is 24.3 Å². The van der Waals surface area contributed by atoms with E-state index < -0.39 is 0 Å². The predicted molar refractivity (Wildman–Crippen MR) is 88.8 cm³/mol. The molecule has 0 saturated heterocycles. The van der Waals surface area contributed by atoms with E-state index in [-0.39, 0.29) is 30.9 Å². The Morgan fingerprint density at radius 3 is 2.41 bits per heavy atom. The van der Waals surface area contributed by atoms with Crippen molar-refractivity contribution in [2.45, 2.75) is 26.8 Å². The Balaban J connectivity index is 2.53. The number of carbonyl (C=O) groups is 2. The van der Waals surface area contributed by atoms with Crippen LogP contribution in [0.5, 0.6) is 0 Å². The second-order valence-electron chi connectivity index (χ2n) is 5.07. The molecule has 2 amide bonds. The SMILES string of the molecule is CCNC(=O)CN(CC)CC(=O)NC(C)c1ccccc1Cl. The van der Waals surface area contributed by atoms with Gasteiger partial charge in [0.1, 0.15) is 0 Å². The molecule has 1 atom stereocenters. The number of carbonyl (C=O) groups excluding carboxylic acids is 2. The molecule has 0 bridgehead atoms. The maximum Gasteiger partial charge on any atom is 0.234 e. The summed E-state index contributed by atoms with van der Waals surface area (Å²) >= 11 is 6.12. The zero-order valence-electron chi connectivity index (χ0n) is 13.4. The Labute approximate surface area is 137 Å². The van der Waals surface area contributed by atoms with Gasteiger partial charge in [0, 0.05) is 11.6 Å². The lowest BCUT2D eigenvalue weighted by atomic mass is 10.1. The molecule has 0 heterocycles. The molecule has 0 radical (unpaired) electrons. The Kier molecular flexibility index (Phi) is 7.91. The summed E-state index contributed by atoms with van der Waals surface area (Å²) < 4.78 is 0. The normalized spacial score (nSPS) is 12.0. The maximum absolute atomic E-state index is 12.1. The van der Waals surface area contributed by atoms with E-state index in [1.165, 1.54) is 0 Å². The van der Waals surface area contributed by atoms with Crippen LogP contribution in [-0.2, 0) is 9.59 Å². The van der Waals surface area contributed by atoms with Crippen molar-refractivity contribution < 1.29 is 9.59 Å². The van der Waals surface area contributed by atoms with Crippen molar-refractivity contribution in [1.29, 1.82) is 0 Å². The van der Waals surface area contributed by atoms with E-state index in [2.05, 4.69) is 10.6 Å². The van der Waals surface area contributed by atoms with Crippen molar-refractivity contribution in [3.63, 3.8) is 0 Å². The zero-order chi connectivity index (χ0) is 16.5. The number of benzene rings is 1. The largest absolute Gasteiger partial charge is 0.355 e. The molecule has 1 aromatic carbocycles. The molecule has 5 nitrogen and oxygen atoms in total. The van der Waals surface area contributed by atoms with Gasteiger partial charge in [0.2, 0.25) is 11.8 Å². The van der Waals surface area contributed by atoms with Gasteiger partial charge in [-0.3, -0.25) is 14.5 Å². The van der Waals surface area contributed by atoms with E-state index in [4.69, 9.17) is 11.6 Å². The fraction of sp³-hybridized carbons (Fsp3) is 0.500. The standard InChI is InChI=1S/C16H24ClN3O2/c1-4-18-15(21)10-20(5-2)11-16(22)19-12(3)13-8-6-7-9-14(13)17/h6-9,12H,4-5,10-11H2,1-3H3,(H,18,21)(H,19,22). The molecule has 1 unspecified atom stereocenters. The van der Waals surface area contributed by atoms with Gasteiger partial charge in [0.05, 0.1) is 19.1 Å². The third-order valence-corrected chi connectivity index (χ3v) is 3.65. The Hall–Kier alpha value is -1.59. The number of nitrogens with zero attached hydrogens (tertiary/aromatic N) is 1. The lowest BCUT2D eigenvalue weighted by Gasteiger charge is -2.21. The quantitative estimate of drug-likeness (QED) is 0.768. The van der Waals surface area contributed by atoms with Crippen LogP contribution in [0.1, 0.15) is 32.4 Å². The van der Waals surface area contributed by atoms with Crippen LogP contribution in [0.4, 0.5) is 0 Å². The van der Waals surface area contributed by atoms with Gasteiger partial charge < -0.3 is 10.6 Å². The lowest BCUT2D eigenvalue weighted by molar-refractivity contribution is -0.125. The summed E-state index contributed by atoms with van der Waals surface area (Å²) in [5.74, 6) is -0.199. The smallest absolute Gasteiger partial charge is 0.234 e. The van der Waals surface area contributed by atoms with Gasteiger partial charge in [-0.25, -0.2) is 0 Å². The molecule has 0 aliphatic carbocycles. The molecule has 0 aromatic heterocycles. The van der Waals surface area contributed by atoms with Gasteiger partial charge in [0.15, 0.2) is 0 Å². The van der Waals surface area contributed by atoms with E-state index >= 15 is 0 Å². The minimum Gasteiger partial charge on any atom is -0.355 e. The van der Waals surface area contributed by atoms with E-state index in [0.717, 1.165) is 5.56 Å². The van der Waals surface area contributed by atoms with Crippen molar-refractivity contribution in [1.82, 2.24) is 15.5 Å². The monoisotopic (exact) mass is 325 g/mol. The first kappa shape index (κ1) is 18.5. The van der Waals surface area contributed by atoms with Gasteiger partial charge in [-0.2, -0.15) is 0 Å². The maximum atomic E-state index is 12.1. The molecule has 1 rings (SSSR count). The molecular formula is C16H24ClN3O2. The molecule has 2 N–H and O–H groups in total. The molecule has 0 aliphatic heterocycles. The van der Waals surface area contributed by atoms with Crippen LogP contribution in [-0.4, -0.2) is 42.9 Å². The van der Waals surface area contributed by atoms with Crippen molar-refractivity contribution in [2.24, 2.45) is 0 Å². The number of amides is 2. The molecule has 0 spiro atoms. The summed E-state index contributed by atoms with van der Waals surface area (Å²) in [6, 6.07) is 7.25. The Bertz CT molecular complexity index is 508. The third-order valence-electron chi connectivity index (χ3n) is 3.30. The van der Waals surface area contributed by atoms with Crippen LogP contribution in [0.25, 0.3) is 0 Å². The van der Waals surface area contributed by atoms with Gasteiger partial charge in [-0.05, 0) is 32.0 Å². The van der Waals surface area contributed by atoms with E-state index in [1.807, 2.05) is 39.0 Å². The number of hydrogen-bond donors (Lipinski definition) is 2. The van der Waals surface area contributed by atoms with E-state index in [1.54, 1.807) is 11.0 Å². The van der Waals surface area contributed by atoms with Crippen molar-refractivity contribution in [2.75, 3.05) is 26.2 Å². The van der Waals surface area contributed by atoms with E-state index in [0.29, 0.717) is 18.1 Å². The average molecular weight is 326 g/mol. The fourth-order valence-electron chi connectivity index (χ4n) is 2.13. The van der Waals surface area contributed by atoms with Crippen LogP contribution in [0.2, 0.25) is 5.02 Å².